The van der Waals surface area contributed by atoms with Gasteiger partial charge in [0.1, 0.15) is 11.5 Å². The zero-order valence-electron chi connectivity index (χ0n) is 31.2. The number of amides is 1. The molecule has 0 atom stereocenters. The summed E-state index contributed by atoms with van der Waals surface area (Å²) >= 11 is 35.7. The largest absolute Gasteiger partial charge is 1.00 e. The van der Waals surface area contributed by atoms with E-state index in [1.54, 1.807) is 26.2 Å². The number of rotatable bonds is 7. The number of methoxy groups -OCH3 is 2. The van der Waals surface area contributed by atoms with Gasteiger partial charge < -0.3 is 50.5 Å². The summed E-state index contributed by atoms with van der Waals surface area (Å²) in [6.07, 6.45) is 2.93. The van der Waals surface area contributed by atoms with Crippen molar-refractivity contribution in [2.45, 2.75) is 45.7 Å². The zero-order chi connectivity index (χ0) is 38.6. The maximum atomic E-state index is 11.1. The van der Waals surface area contributed by atoms with Crippen LogP contribution in [0.5, 0.6) is 11.5 Å². The van der Waals surface area contributed by atoms with Gasteiger partial charge in [-0.15, -0.1) is 0 Å². The van der Waals surface area contributed by atoms with E-state index >= 15 is 0 Å². The van der Waals surface area contributed by atoms with Gasteiger partial charge >= 0.3 is 78.6 Å². The van der Waals surface area contributed by atoms with E-state index < -0.39 is 14.1 Å². The molecule has 1 N–H and O–H groups in total. The van der Waals surface area contributed by atoms with E-state index in [2.05, 4.69) is 53.7 Å². The van der Waals surface area contributed by atoms with Gasteiger partial charge in [0, 0.05) is 56.7 Å². The van der Waals surface area contributed by atoms with Gasteiger partial charge in [-0.1, -0.05) is 0 Å². The summed E-state index contributed by atoms with van der Waals surface area (Å²) in [4.78, 5) is 39.3. The second kappa shape index (κ2) is 29.1. The quantitative estimate of drug-likeness (QED) is 0.0624. The number of hydrogen-bond donors (Lipinski definition) is 1. The molecule has 0 bridgehead atoms. The molecule has 0 spiro atoms. The topological polar surface area (TPSA) is 142 Å². The molecule has 2 aromatic carbocycles. The molecule has 0 unspecified atom stereocenters. The van der Waals surface area contributed by atoms with Crippen LogP contribution < -0.4 is 89.0 Å². The van der Waals surface area contributed by atoms with E-state index in [0.29, 0.717) is 6.04 Å². The van der Waals surface area contributed by atoms with Crippen LogP contribution in [0.4, 0.5) is 21.0 Å². The van der Waals surface area contributed by atoms with E-state index in [9.17, 15) is 9.59 Å². The predicted octanol–water partition coefficient (Wildman–Crippen LogP) is 1.19. The van der Waals surface area contributed by atoms with Gasteiger partial charge in [0.05, 0.1) is 14.2 Å². The van der Waals surface area contributed by atoms with E-state index in [-0.39, 0.29) is 78.4 Å². The van der Waals surface area contributed by atoms with Crippen molar-refractivity contribution in [2.24, 2.45) is 0 Å². The van der Waals surface area contributed by atoms with Crippen LogP contribution >= 0.6 is 81.2 Å². The van der Waals surface area contributed by atoms with Crippen LogP contribution in [-0.2, 0) is 19.2 Å². The van der Waals surface area contributed by atoms with Gasteiger partial charge in [-0.2, -0.15) is 0 Å². The molecule has 13 nitrogen and oxygen atoms in total. The molecule has 0 aromatic heterocycles. The maximum Gasteiger partial charge on any atom is 1.00 e. The summed E-state index contributed by atoms with van der Waals surface area (Å²) in [6.45, 7) is 3.96. The third-order valence-electron chi connectivity index (χ3n) is 7.51. The Kier molecular flexibility index (Phi) is 30.1. The maximum absolute atomic E-state index is 11.1. The van der Waals surface area contributed by atoms with Crippen molar-refractivity contribution in [1.29, 1.82) is 0 Å². The van der Waals surface area contributed by atoms with Crippen molar-refractivity contribution in [3.63, 3.8) is 0 Å². The standard InChI is InChI=1S/C14H19ClN2O2.C13H20N2O.C3Cl6O3.CH2O3.2Na.H/c1-16(14(15)18)11-7-9-17(10-8-11)12-3-5-13(19-2)6-4-12;1-14-11-7-9-15(10-8-11)12-3-5-13(16-2)6-4-12;4-2(5,6)11-1(10)12-3(7,8)9;2-1-4-3;;;/h3-6,11H,7-10H2,1-2H3;3-6,11,14H,7-10H2,1-2H3;;1,3H;;;/q;;;;2*+1;-1/p-1. The molecule has 53 heavy (non-hydrogen) atoms. The number of hydrogen-bond acceptors (Lipinski definition) is 12. The van der Waals surface area contributed by atoms with E-state index in [4.69, 9.17) is 101 Å². The van der Waals surface area contributed by atoms with Crippen LogP contribution in [0.25, 0.3) is 0 Å². The molecule has 22 heteroatoms. The van der Waals surface area contributed by atoms with Crippen molar-refractivity contribution in [3.8, 4) is 11.5 Å². The third kappa shape index (κ3) is 24.2. The van der Waals surface area contributed by atoms with Crippen molar-refractivity contribution in [1.82, 2.24) is 10.2 Å². The molecule has 2 aliphatic heterocycles. The molecule has 2 heterocycles. The molecule has 1 amide bonds. The smallest absolute Gasteiger partial charge is 1.00 e. The number of piperidine rings is 2. The second-order valence-electron chi connectivity index (χ2n) is 10.6. The Morgan fingerprint density at radius 2 is 1.13 bits per heavy atom. The number of carbonyl (C=O) groups is 3. The fourth-order valence-electron chi connectivity index (χ4n) is 4.88. The van der Waals surface area contributed by atoms with Crippen LogP contribution in [0, 0.1) is 0 Å². The summed E-state index contributed by atoms with van der Waals surface area (Å²) in [5, 5.41) is 11.4. The molecule has 4 rings (SSSR count). The Balaban J connectivity index is -0.000000684. The predicted molar refractivity (Wildman–Crippen MR) is 201 cm³/mol. The number of carbonyl (C=O) groups excluding carboxylic acids is 3. The van der Waals surface area contributed by atoms with Gasteiger partial charge in [0.2, 0.25) is 0 Å². The van der Waals surface area contributed by atoms with Crippen LogP contribution in [-0.4, -0.2) is 97.4 Å². The summed E-state index contributed by atoms with van der Waals surface area (Å²) < 4.78 is 13.8. The Hall–Kier alpha value is -0.200. The molecular weight excluding hydrogens is 867 g/mol. The van der Waals surface area contributed by atoms with Crippen LogP contribution in [0.1, 0.15) is 27.1 Å². The van der Waals surface area contributed by atoms with Crippen molar-refractivity contribution in [3.05, 3.63) is 48.5 Å². The number of anilines is 2. The minimum absolute atomic E-state index is 0. The first-order chi connectivity index (χ1) is 24.0. The van der Waals surface area contributed by atoms with E-state index in [0.717, 1.165) is 50.5 Å². The number of benzene rings is 2. The minimum atomic E-state index is -2.24. The molecule has 0 aliphatic carbocycles. The number of ether oxygens (including phenoxy) is 4. The summed E-state index contributed by atoms with van der Waals surface area (Å²) in [5.74, 6) is 1.79. The average molecular weight is 908 g/mol. The number of alkyl halides is 6. The third-order valence-corrected chi connectivity index (χ3v) is 8.23. The van der Waals surface area contributed by atoms with Gasteiger partial charge in [-0.3, -0.25) is 9.59 Å². The summed E-state index contributed by atoms with van der Waals surface area (Å²) in [7, 11) is 7.18. The van der Waals surface area contributed by atoms with E-state index in [1.807, 2.05) is 31.3 Å². The van der Waals surface area contributed by atoms with Gasteiger partial charge in [0.15, 0.2) is 0 Å². The van der Waals surface area contributed by atoms with Crippen molar-refractivity contribution >= 4 is 111 Å². The molecular formula is C31H41Cl7N4Na2O9. The van der Waals surface area contributed by atoms with Gasteiger partial charge in [0.25, 0.3) is 6.47 Å². The SMILES string of the molecule is CNC1CCN(c2ccc(OC)cc2)CC1.COc1ccc(N2CCC(N(C)C(=O)Cl)CC2)cc1.O=C(OC(Cl)(Cl)Cl)OC(Cl)(Cl)Cl.O=CO[O-].[H-].[Na+].[Na+]. The Labute approximate surface area is 390 Å². The van der Waals surface area contributed by atoms with Crippen LogP contribution in [0.2, 0.25) is 0 Å². The summed E-state index contributed by atoms with van der Waals surface area (Å²) in [6, 6.07) is 17.3. The minimum Gasteiger partial charge on any atom is -1.00 e. The average Bonchev–Trinajstić information content (AvgIpc) is 3.10. The van der Waals surface area contributed by atoms with E-state index in [1.165, 1.54) is 24.2 Å². The summed E-state index contributed by atoms with van der Waals surface area (Å²) in [5.41, 5.74) is 2.49. The molecule has 2 aromatic rings. The molecule has 2 aliphatic rings. The normalized spacial score (nSPS) is 14.3. The van der Waals surface area contributed by atoms with Crippen LogP contribution in [0.15, 0.2) is 48.5 Å². The number of nitrogens with one attached hydrogen (secondary N) is 1. The van der Waals surface area contributed by atoms with Gasteiger partial charge in [-0.05, 0) is 162 Å². The Bertz CT molecular complexity index is 1290. The molecule has 290 valence electrons. The molecule has 0 radical (unpaired) electrons. The Morgan fingerprint density at radius 1 is 0.792 bits per heavy atom. The molecule has 2 saturated heterocycles. The fourth-order valence-corrected chi connectivity index (χ4v) is 5.39. The number of nitrogens with zero attached hydrogens (tertiary/aromatic N) is 3. The monoisotopic (exact) mass is 904 g/mol. The first kappa shape index (κ1) is 54.9. The van der Waals surface area contributed by atoms with Crippen LogP contribution in [0.3, 0.4) is 0 Å². The Morgan fingerprint density at radius 3 is 1.40 bits per heavy atom. The first-order valence-corrected chi connectivity index (χ1v) is 17.8. The van der Waals surface area contributed by atoms with Crippen molar-refractivity contribution in [2.75, 3.05) is 64.3 Å². The zero-order valence-corrected chi connectivity index (χ0v) is 39.5. The van der Waals surface area contributed by atoms with Crippen molar-refractivity contribution < 1.29 is 104 Å². The second-order valence-corrected chi connectivity index (χ2v) is 15.2. The van der Waals surface area contributed by atoms with Gasteiger partial charge in [-0.25, -0.2) is 4.79 Å². The molecule has 2 fully saturated rings. The fraction of sp³-hybridized carbons (Fsp3) is 0.516. The molecule has 0 saturated carbocycles. The first-order valence-electron chi connectivity index (χ1n) is 15.1. The number of halogens is 7.